The first kappa shape index (κ1) is 24.0. The molecule has 1 unspecified atom stereocenters. The van der Waals surface area contributed by atoms with Crippen molar-refractivity contribution in [3.8, 4) is 11.1 Å². The molecule has 3 aromatic rings. The lowest BCUT2D eigenvalue weighted by atomic mass is 9.98. The van der Waals surface area contributed by atoms with Crippen LogP contribution >= 0.6 is 0 Å². The molecule has 0 bridgehead atoms. The summed E-state index contributed by atoms with van der Waals surface area (Å²) >= 11 is 0. The molecule has 7 nitrogen and oxygen atoms in total. The standard InChI is InChI=1S/C28H28N2O5/c1-2-18(14-26(31)30-20-9-7-8-19(15-20)27(32)33)16-29-28(34)35-17-25-23-12-5-3-10-21(23)22-11-4-6-13-24(22)25/h3-13,15,18,25H,2,14,16-17H2,1H3,(H,29,34)(H,30,31)(H,32,33). The second-order valence-corrected chi connectivity index (χ2v) is 8.62. The van der Waals surface area contributed by atoms with Gasteiger partial charge >= 0.3 is 12.1 Å². The summed E-state index contributed by atoms with van der Waals surface area (Å²) in [5.41, 5.74) is 5.17. The SMILES string of the molecule is CCC(CNC(=O)OCC1c2ccccc2-c2ccccc21)CC(=O)Nc1cccc(C(=O)O)c1. The molecule has 0 saturated carbocycles. The van der Waals surface area contributed by atoms with E-state index in [1.165, 1.54) is 23.3 Å². The van der Waals surface area contributed by atoms with E-state index in [0.717, 1.165) is 11.1 Å². The maximum absolute atomic E-state index is 12.4. The summed E-state index contributed by atoms with van der Waals surface area (Å²) in [4.78, 5) is 36.0. The molecule has 0 aromatic heterocycles. The van der Waals surface area contributed by atoms with Crippen LogP contribution in [0.5, 0.6) is 0 Å². The average molecular weight is 473 g/mol. The van der Waals surface area contributed by atoms with Crippen molar-refractivity contribution in [2.24, 2.45) is 5.92 Å². The Morgan fingerprint density at radius 3 is 2.23 bits per heavy atom. The summed E-state index contributed by atoms with van der Waals surface area (Å²) in [6, 6.07) is 22.4. The van der Waals surface area contributed by atoms with Gasteiger partial charge in [-0.25, -0.2) is 9.59 Å². The van der Waals surface area contributed by atoms with E-state index in [2.05, 4.69) is 34.9 Å². The predicted molar refractivity (Wildman–Crippen MR) is 134 cm³/mol. The first-order valence-corrected chi connectivity index (χ1v) is 11.7. The Morgan fingerprint density at radius 1 is 0.943 bits per heavy atom. The van der Waals surface area contributed by atoms with Gasteiger partial charge in [-0.1, -0.05) is 67.9 Å². The highest BCUT2D eigenvalue weighted by Gasteiger charge is 2.29. The molecule has 0 radical (unpaired) electrons. The highest BCUT2D eigenvalue weighted by atomic mass is 16.5. The molecule has 180 valence electrons. The van der Waals surface area contributed by atoms with E-state index in [-0.39, 0.29) is 36.3 Å². The number of fused-ring (bicyclic) bond motifs is 3. The number of hydrogen-bond donors (Lipinski definition) is 3. The van der Waals surface area contributed by atoms with Gasteiger partial charge < -0.3 is 20.5 Å². The summed E-state index contributed by atoms with van der Waals surface area (Å²) in [5.74, 6) is -1.39. The monoisotopic (exact) mass is 472 g/mol. The molecule has 7 heteroatoms. The number of benzene rings is 3. The number of aromatic carboxylic acids is 1. The summed E-state index contributed by atoms with van der Waals surface area (Å²) in [5, 5.41) is 14.6. The smallest absolute Gasteiger partial charge is 0.407 e. The topological polar surface area (TPSA) is 105 Å². The lowest BCUT2D eigenvalue weighted by Gasteiger charge is -2.17. The molecule has 0 spiro atoms. The van der Waals surface area contributed by atoms with Crippen molar-refractivity contribution in [3.63, 3.8) is 0 Å². The largest absolute Gasteiger partial charge is 0.478 e. The highest BCUT2D eigenvalue weighted by molar-refractivity contribution is 5.94. The molecular weight excluding hydrogens is 444 g/mol. The minimum absolute atomic E-state index is 0.0116. The predicted octanol–water partition coefficient (Wildman–Crippen LogP) is 5.28. The molecule has 0 fully saturated rings. The van der Waals surface area contributed by atoms with Crippen molar-refractivity contribution in [1.29, 1.82) is 0 Å². The molecule has 3 N–H and O–H groups in total. The second-order valence-electron chi connectivity index (χ2n) is 8.62. The molecule has 1 atom stereocenters. The quantitative estimate of drug-likeness (QED) is 0.393. The van der Waals surface area contributed by atoms with Crippen LogP contribution in [0.2, 0.25) is 0 Å². The summed E-state index contributed by atoms with van der Waals surface area (Å²) in [6.45, 7) is 2.48. The Hall–Kier alpha value is -4.13. The Kier molecular flexibility index (Phi) is 7.45. The fourth-order valence-electron chi connectivity index (χ4n) is 4.44. The second kappa shape index (κ2) is 10.9. The number of ether oxygens (including phenoxy) is 1. The number of carboxylic acid groups (broad SMARTS) is 1. The minimum Gasteiger partial charge on any atom is -0.478 e. The van der Waals surface area contributed by atoms with Crippen LogP contribution in [0.15, 0.2) is 72.8 Å². The fraction of sp³-hybridized carbons (Fsp3) is 0.250. The molecular formula is C28H28N2O5. The fourth-order valence-corrected chi connectivity index (χ4v) is 4.44. The van der Waals surface area contributed by atoms with Gasteiger partial charge in [-0.2, -0.15) is 0 Å². The summed E-state index contributed by atoms with van der Waals surface area (Å²) in [6.07, 6.45) is 0.365. The molecule has 3 aromatic carbocycles. The zero-order valence-corrected chi connectivity index (χ0v) is 19.5. The van der Waals surface area contributed by atoms with Crippen molar-refractivity contribution < 1.29 is 24.2 Å². The number of rotatable bonds is 9. The molecule has 0 saturated heterocycles. The number of alkyl carbamates (subject to hydrolysis) is 1. The molecule has 1 aliphatic carbocycles. The van der Waals surface area contributed by atoms with Crippen molar-refractivity contribution >= 4 is 23.7 Å². The molecule has 35 heavy (non-hydrogen) atoms. The van der Waals surface area contributed by atoms with E-state index in [1.807, 2.05) is 31.2 Å². The van der Waals surface area contributed by atoms with Gasteiger partial charge in [0.25, 0.3) is 0 Å². The van der Waals surface area contributed by atoms with Crippen LogP contribution in [0.25, 0.3) is 11.1 Å². The first-order chi connectivity index (χ1) is 17.0. The highest BCUT2D eigenvalue weighted by Crippen LogP contribution is 2.44. The van der Waals surface area contributed by atoms with Crippen molar-refractivity contribution in [3.05, 3.63) is 89.5 Å². The maximum Gasteiger partial charge on any atom is 0.407 e. The van der Waals surface area contributed by atoms with E-state index in [9.17, 15) is 14.4 Å². The third kappa shape index (κ3) is 5.69. The molecule has 0 heterocycles. The van der Waals surface area contributed by atoms with E-state index >= 15 is 0 Å². The summed E-state index contributed by atoms with van der Waals surface area (Å²) < 4.78 is 5.56. The first-order valence-electron chi connectivity index (χ1n) is 11.7. The van der Waals surface area contributed by atoms with Crippen molar-refractivity contribution in [1.82, 2.24) is 5.32 Å². The summed E-state index contributed by atoms with van der Waals surface area (Å²) in [7, 11) is 0. The van der Waals surface area contributed by atoms with Gasteiger partial charge in [-0.05, 0) is 46.4 Å². The van der Waals surface area contributed by atoms with Crippen molar-refractivity contribution in [2.45, 2.75) is 25.7 Å². The van der Waals surface area contributed by atoms with E-state index in [4.69, 9.17) is 9.84 Å². The van der Waals surface area contributed by atoms with E-state index in [0.29, 0.717) is 18.7 Å². The number of hydrogen-bond acceptors (Lipinski definition) is 4. The van der Waals surface area contributed by atoms with Crippen LogP contribution in [0, 0.1) is 5.92 Å². The lowest BCUT2D eigenvalue weighted by Crippen LogP contribution is -2.32. The Morgan fingerprint density at radius 2 is 1.60 bits per heavy atom. The Labute approximate surface area is 204 Å². The third-order valence-corrected chi connectivity index (χ3v) is 6.32. The number of nitrogens with one attached hydrogen (secondary N) is 2. The Bertz CT molecular complexity index is 1190. The Balaban J connectivity index is 1.28. The van der Waals surface area contributed by atoms with Crippen LogP contribution in [0.3, 0.4) is 0 Å². The molecule has 1 aliphatic rings. The van der Waals surface area contributed by atoms with Gasteiger partial charge in [0.2, 0.25) is 5.91 Å². The number of anilines is 1. The zero-order chi connectivity index (χ0) is 24.8. The van der Waals surface area contributed by atoms with Crippen molar-refractivity contribution in [2.75, 3.05) is 18.5 Å². The van der Waals surface area contributed by atoms with Crippen LogP contribution < -0.4 is 10.6 Å². The van der Waals surface area contributed by atoms with Gasteiger partial charge in [0.1, 0.15) is 6.61 Å². The van der Waals surface area contributed by atoms with Gasteiger partial charge in [-0.15, -0.1) is 0 Å². The van der Waals surface area contributed by atoms with Crippen LogP contribution in [0.4, 0.5) is 10.5 Å². The minimum atomic E-state index is -1.06. The van der Waals surface area contributed by atoms with Crippen LogP contribution in [0.1, 0.15) is 47.2 Å². The number of carbonyl (C=O) groups is 3. The molecule has 4 rings (SSSR count). The zero-order valence-electron chi connectivity index (χ0n) is 19.5. The van der Waals surface area contributed by atoms with Crippen LogP contribution in [-0.4, -0.2) is 36.2 Å². The number of amides is 2. The van der Waals surface area contributed by atoms with Gasteiger partial charge in [0, 0.05) is 24.6 Å². The third-order valence-electron chi connectivity index (χ3n) is 6.32. The van der Waals surface area contributed by atoms with Crippen LogP contribution in [-0.2, 0) is 9.53 Å². The van der Waals surface area contributed by atoms with E-state index in [1.54, 1.807) is 12.1 Å². The lowest BCUT2D eigenvalue weighted by molar-refractivity contribution is -0.117. The number of carboxylic acids is 1. The number of carbonyl (C=O) groups excluding carboxylic acids is 2. The van der Waals surface area contributed by atoms with E-state index < -0.39 is 12.1 Å². The van der Waals surface area contributed by atoms with Gasteiger partial charge in [0.15, 0.2) is 0 Å². The normalized spacial score (nSPS) is 12.8. The van der Waals surface area contributed by atoms with Gasteiger partial charge in [-0.3, -0.25) is 4.79 Å². The van der Waals surface area contributed by atoms with Gasteiger partial charge in [0.05, 0.1) is 5.56 Å². The maximum atomic E-state index is 12.4. The average Bonchev–Trinajstić information content (AvgIpc) is 3.19. The molecule has 2 amide bonds. The molecule has 0 aliphatic heterocycles.